The van der Waals surface area contributed by atoms with E-state index in [1.807, 2.05) is 12.1 Å². The molecule has 4 heteroatoms. The predicted octanol–water partition coefficient (Wildman–Crippen LogP) is 4.78. The molecule has 0 heterocycles. The van der Waals surface area contributed by atoms with E-state index in [0.29, 0.717) is 10.6 Å². The van der Waals surface area contributed by atoms with Gasteiger partial charge in [-0.3, -0.25) is 0 Å². The van der Waals surface area contributed by atoms with Crippen LogP contribution in [-0.2, 0) is 6.42 Å². The first kappa shape index (κ1) is 13.9. The summed E-state index contributed by atoms with van der Waals surface area (Å²) in [4.78, 5) is 12.0. The lowest BCUT2D eigenvalue weighted by molar-refractivity contribution is 0.0735. The molecule has 2 aromatic carbocycles. The second-order valence-corrected chi connectivity index (χ2v) is 4.78. The van der Waals surface area contributed by atoms with Crippen molar-refractivity contribution in [2.45, 2.75) is 13.3 Å². The van der Waals surface area contributed by atoms with Gasteiger partial charge in [0.15, 0.2) is 5.75 Å². The summed E-state index contributed by atoms with van der Waals surface area (Å²) >= 11 is 11.8. The topological polar surface area (TPSA) is 26.3 Å². The van der Waals surface area contributed by atoms with Gasteiger partial charge in [-0.1, -0.05) is 48.3 Å². The van der Waals surface area contributed by atoms with E-state index in [1.165, 1.54) is 0 Å². The summed E-state index contributed by atoms with van der Waals surface area (Å²) in [7, 11) is 0. The molecule has 0 aliphatic rings. The highest BCUT2D eigenvalue weighted by Gasteiger charge is 2.12. The molecule has 0 amide bonds. The van der Waals surface area contributed by atoms with Crippen LogP contribution in [0.1, 0.15) is 22.8 Å². The van der Waals surface area contributed by atoms with Gasteiger partial charge in [-0.25, -0.2) is 4.79 Å². The number of ether oxygens (including phenoxy) is 1. The molecule has 0 fully saturated rings. The molecule has 0 aromatic heterocycles. The second-order valence-electron chi connectivity index (χ2n) is 3.99. The number of hydrogen-bond acceptors (Lipinski definition) is 2. The Bertz CT molecular complexity index is 592. The van der Waals surface area contributed by atoms with Gasteiger partial charge in [-0.15, -0.1) is 0 Å². The van der Waals surface area contributed by atoms with E-state index in [-0.39, 0.29) is 10.8 Å². The quantitative estimate of drug-likeness (QED) is 0.602. The first-order chi connectivity index (χ1) is 9.11. The van der Waals surface area contributed by atoms with Crippen molar-refractivity contribution in [3.8, 4) is 5.75 Å². The van der Waals surface area contributed by atoms with Gasteiger partial charge < -0.3 is 4.74 Å². The summed E-state index contributed by atoms with van der Waals surface area (Å²) in [5.41, 5.74) is 1.64. The molecule has 2 aromatic rings. The van der Waals surface area contributed by atoms with Crippen molar-refractivity contribution in [2.75, 3.05) is 0 Å². The fraction of sp³-hybridized carbons (Fsp3) is 0.133. The lowest BCUT2D eigenvalue weighted by Crippen LogP contribution is -2.08. The number of carbonyl (C=O) groups is 1. The van der Waals surface area contributed by atoms with Crippen LogP contribution in [0.5, 0.6) is 5.75 Å². The number of carbonyl (C=O) groups excluding carboxylic acids is 1. The van der Waals surface area contributed by atoms with Crippen molar-refractivity contribution >= 4 is 29.2 Å². The summed E-state index contributed by atoms with van der Waals surface area (Å²) in [5, 5.41) is 0.594. The predicted molar refractivity (Wildman–Crippen MR) is 77.2 cm³/mol. The van der Waals surface area contributed by atoms with Crippen LogP contribution in [0, 0.1) is 0 Å². The zero-order valence-electron chi connectivity index (χ0n) is 10.3. The van der Waals surface area contributed by atoms with E-state index >= 15 is 0 Å². The average molecular weight is 295 g/mol. The van der Waals surface area contributed by atoms with Gasteiger partial charge in [-0.2, -0.15) is 0 Å². The van der Waals surface area contributed by atoms with E-state index < -0.39 is 5.97 Å². The van der Waals surface area contributed by atoms with Gasteiger partial charge in [0.1, 0.15) is 5.02 Å². The number of aryl methyl sites for hydroxylation is 1. The van der Waals surface area contributed by atoms with Crippen LogP contribution in [0.4, 0.5) is 0 Å². The van der Waals surface area contributed by atoms with Crippen LogP contribution in [0.25, 0.3) is 0 Å². The molecule has 0 saturated heterocycles. The lowest BCUT2D eigenvalue weighted by Gasteiger charge is -2.07. The molecule has 0 aliphatic heterocycles. The monoisotopic (exact) mass is 294 g/mol. The maximum absolute atomic E-state index is 12.0. The van der Waals surface area contributed by atoms with Gasteiger partial charge in [0, 0.05) is 0 Å². The molecular weight excluding hydrogens is 283 g/mol. The molecule has 0 unspecified atom stereocenters. The highest BCUT2D eigenvalue weighted by atomic mass is 35.5. The van der Waals surface area contributed by atoms with Crippen LogP contribution in [-0.4, -0.2) is 5.97 Å². The lowest BCUT2D eigenvalue weighted by atomic mass is 10.1. The third kappa shape index (κ3) is 3.28. The molecule has 0 bridgehead atoms. The third-order valence-corrected chi connectivity index (χ3v) is 3.52. The number of rotatable bonds is 3. The molecule has 0 N–H and O–H groups in total. The minimum Gasteiger partial charge on any atom is -0.421 e. The fourth-order valence-corrected chi connectivity index (χ4v) is 1.93. The molecule has 2 nitrogen and oxygen atoms in total. The highest BCUT2D eigenvalue weighted by Crippen LogP contribution is 2.31. The Labute approximate surface area is 121 Å². The summed E-state index contributed by atoms with van der Waals surface area (Å²) < 4.78 is 5.23. The number of esters is 1. The van der Waals surface area contributed by atoms with E-state index in [0.717, 1.165) is 12.0 Å². The van der Waals surface area contributed by atoms with Crippen molar-refractivity contribution in [1.82, 2.24) is 0 Å². The Hall–Kier alpha value is -1.51. The smallest absolute Gasteiger partial charge is 0.343 e. The van der Waals surface area contributed by atoms with Crippen LogP contribution < -0.4 is 4.74 Å². The maximum atomic E-state index is 12.0. The Morgan fingerprint density at radius 2 is 1.79 bits per heavy atom. The minimum absolute atomic E-state index is 0.239. The van der Waals surface area contributed by atoms with Crippen molar-refractivity contribution < 1.29 is 9.53 Å². The first-order valence-corrected chi connectivity index (χ1v) is 6.62. The molecule has 0 aliphatic carbocycles. The highest BCUT2D eigenvalue weighted by molar-refractivity contribution is 6.43. The van der Waals surface area contributed by atoms with Crippen molar-refractivity contribution in [1.29, 1.82) is 0 Å². The van der Waals surface area contributed by atoms with E-state index in [2.05, 4.69) is 6.92 Å². The maximum Gasteiger partial charge on any atom is 0.343 e. The Morgan fingerprint density at radius 1 is 1.11 bits per heavy atom. The largest absolute Gasteiger partial charge is 0.421 e. The van der Waals surface area contributed by atoms with Crippen LogP contribution in [0.3, 0.4) is 0 Å². The van der Waals surface area contributed by atoms with Crippen molar-refractivity contribution in [3.05, 3.63) is 63.6 Å². The molecule has 98 valence electrons. The normalized spacial score (nSPS) is 10.3. The number of halogens is 2. The van der Waals surface area contributed by atoms with Gasteiger partial charge >= 0.3 is 5.97 Å². The average Bonchev–Trinajstić information content (AvgIpc) is 2.44. The summed E-state index contributed by atoms with van der Waals surface area (Å²) in [5.74, 6) is -0.189. The fourth-order valence-electron chi connectivity index (χ4n) is 1.60. The molecule has 0 radical (unpaired) electrons. The third-order valence-electron chi connectivity index (χ3n) is 2.72. The van der Waals surface area contributed by atoms with E-state index in [4.69, 9.17) is 27.9 Å². The summed E-state index contributed by atoms with van der Waals surface area (Å²) in [6, 6.07) is 12.2. The first-order valence-electron chi connectivity index (χ1n) is 5.87. The molecular formula is C15H12Cl2O2. The van der Waals surface area contributed by atoms with Crippen LogP contribution in [0.2, 0.25) is 10.0 Å². The SMILES string of the molecule is CCc1ccc(C(=O)Oc2cccc(Cl)c2Cl)cc1. The zero-order valence-corrected chi connectivity index (χ0v) is 11.8. The zero-order chi connectivity index (χ0) is 13.8. The van der Waals surface area contributed by atoms with Crippen molar-refractivity contribution in [2.24, 2.45) is 0 Å². The van der Waals surface area contributed by atoms with Gasteiger partial charge in [0.05, 0.1) is 10.6 Å². The summed E-state index contributed by atoms with van der Waals surface area (Å²) in [6.07, 6.45) is 0.926. The van der Waals surface area contributed by atoms with E-state index in [9.17, 15) is 4.79 Å². The molecule has 0 spiro atoms. The van der Waals surface area contributed by atoms with Crippen molar-refractivity contribution in [3.63, 3.8) is 0 Å². The van der Waals surface area contributed by atoms with Gasteiger partial charge in [0.25, 0.3) is 0 Å². The Balaban J connectivity index is 2.18. The van der Waals surface area contributed by atoms with Gasteiger partial charge in [0.2, 0.25) is 0 Å². The van der Waals surface area contributed by atoms with Gasteiger partial charge in [-0.05, 0) is 36.2 Å². The molecule has 0 saturated carbocycles. The minimum atomic E-state index is -0.452. The molecule has 19 heavy (non-hydrogen) atoms. The summed E-state index contributed by atoms with van der Waals surface area (Å²) in [6.45, 7) is 2.05. The Kier molecular flexibility index (Phi) is 4.46. The second kappa shape index (κ2) is 6.09. The number of hydrogen-bond donors (Lipinski definition) is 0. The number of benzene rings is 2. The Morgan fingerprint density at radius 3 is 2.42 bits per heavy atom. The molecule has 0 atom stereocenters. The van der Waals surface area contributed by atoms with E-state index in [1.54, 1.807) is 30.3 Å². The molecule has 2 rings (SSSR count). The van der Waals surface area contributed by atoms with Crippen LogP contribution >= 0.6 is 23.2 Å². The standard InChI is InChI=1S/C15H12Cl2O2/c1-2-10-6-8-11(9-7-10)15(18)19-13-5-3-4-12(16)14(13)17/h3-9H,2H2,1H3. The van der Waals surface area contributed by atoms with Crippen LogP contribution in [0.15, 0.2) is 42.5 Å².